The standard InChI is InChI=1S/C26H28N4O5/c1-33-21-6-4-5-18(15-21)25(31)28-20-8-10-24(27-17-20)29-11-13-30(14-12-29)26(32)19-7-9-22(34-2)23(16-19)35-3/h4-10,15-17H,11-14H2,1-3H3,(H,28,31). The van der Waals surface area contributed by atoms with E-state index < -0.39 is 0 Å². The van der Waals surface area contributed by atoms with Crippen LogP contribution < -0.4 is 24.4 Å². The average molecular weight is 477 g/mol. The van der Waals surface area contributed by atoms with Gasteiger partial charge >= 0.3 is 0 Å². The maximum Gasteiger partial charge on any atom is 0.255 e. The van der Waals surface area contributed by atoms with Gasteiger partial charge < -0.3 is 29.3 Å². The van der Waals surface area contributed by atoms with Gasteiger partial charge in [-0.25, -0.2) is 4.98 Å². The van der Waals surface area contributed by atoms with Crippen molar-refractivity contribution in [2.24, 2.45) is 0 Å². The Balaban J connectivity index is 1.34. The minimum Gasteiger partial charge on any atom is -0.497 e. The van der Waals surface area contributed by atoms with Crippen LogP contribution in [0.25, 0.3) is 0 Å². The Bertz CT molecular complexity index is 1190. The van der Waals surface area contributed by atoms with E-state index in [4.69, 9.17) is 14.2 Å². The third kappa shape index (κ3) is 5.46. The van der Waals surface area contributed by atoms with E-state index in [9.17, 15) is 9.59 Å². The lowest BCUT2D eigenvalue weighted by molar-refractivity contribution is 0.0746. The number of benzene rings is 2. The molecule has 0 saturated carbocycles. The molecule has 4 rings (SSSR count). The minimum absolute atomic E-state index is 0.0471. The summed E-state index contributed by atoms with van der Waals surface area (Å²) in [5.74, 6) is 2.25. The van der Waals surface area contributed by atoms with Crippen molar-refractivity contribution >= 4 is 23.3 Å². The molecule has 2 aromatic carbocycles. The smallest absolute Gasteiger partial charge is 0.255 e. The molecule has 0 spiro atoms. The van der Waals surface area contributed by atoms with Crippen LogP contribution in [0.3, 0.4) is 0 Å². The van der Waals surface area contributed by atoms with E-state index in [1.165, 1.54) is 0 Å². The number of piperazine rings is 1. The first-order valence-corrected chi connectivity index (χ1v) is 11.2. The van der Waals surface area contributed by atoms with Crippen LogP contribution in [-0.4, -0.2) is 69.2 Å². The maximum atomic E-state index is 13.0. The van der Waals surface area contributed by atoms with Gasteiger partial charge in [0.1, 0.15) is 11.6 Å². The van der Waals surface area contributed by atoms with Crippen molar-refractivity contribution in [3.8, 4) is 17.2 Å². The Morgan fingerprint density at radius 1 is 0.829 bits per heavy atom. The molecule has 35 heavy (non-hydrogen) atoms. The molecule has 9 heteroatoms. The third-order valence-corrected chi connectivity index (χ3v) is 5.86. The lowest BCUT2D eigenvalue weighted by atomic mass is 10.1. The van der Waals surface area contributed by atoms with Crippen molar-refractivity contribution in [3.63, 3.8) is 0 Å². The minimum atomic E-state index is -0.235. The van der Waals surface area contributed by atoms with Crippen LogP contribution in [0.4, 0.5) is 11.5 Å². The van der Waals surface area contributed by atoms with E-state index in [0.29, 0.717) is 60.2 Å². The molecular weight excluding hydrogens is 448 g/mol. The van der Waals surface area contributed by atoms with Gasteiger partial charge in [-0.05, 0) is 48.5 Å². The highest BCUT2D eigenvalue weighted by Gasteiger charge is 2.24. The van der Waals surface area contributed by atoms with E-state index >= 15 is 0 Å². The van der Waals surface area contributed by atoms with Gasteiger partial charge in [0.25, 0.3) is 11.8 Å². The quantitative estimate of drug-likeness (QED) is 0.559. The monoisotopic (exact) mass is 476 g/mol. The SMILES string of the molecule is COc1cccc(C(=O)Nc2ccc(N3CCN(C(=O)c4ccc(OC)c(OC)c4)CC3)nc2)c1. The highest BCUT2D eigenvalue weighted by molar-refractivity contribution is 6.04. The molecule has 1 aromatic heterocycles. The van der Waals surface area contributed by atoms with E-state index in [1.807, 2.05) is 17.0 Å². The van der Waals surface area contributed by atoms with Crippen LogP contribution in [0, 0.1) is 0 Å². The average Bonchev–Trinajstić information content (AvgIpc) is 2.92. The summed E-state index contributed by atoms with van der Waals surface area (Å²) in [6.45, 7) is 2.45. The molecule has 1 aliphatic rings. The van der Waals surface area contributed by atoms with Crippen LogP contribution >= 0.6 is 0 Å². The molecule has 2 amide bonds. The Morgan fingerprint density at radius 3 is 2.26 bits per heavy atom. The molecule has 0 bridgehead atoms. The van der Waals surface area contributed by atoms with Gasteiger partial charge in [-0.1, -0.05) is 6.07 Å². The Labute approximate surface area is 204 Å². The summed E-state index contributed by atoms with van der Waals surface area (Å²) in [7, 11) is 4.67. The number of nitrogens with zero attached hydrogens (tertiary/aromatic N) is 3. The van der Waals surface area contributed by atoms with Gasteiger partial charge in [-0.15, -0.1) is 0 Å². The summed E-state index contributed by atoms with van der Waals surface area (Å²) in [6, 6.07) is 15.8. The molecule has 9 nitrogen and oxygen atoms in total. The first kappa shape index (κ1) is 23.9. The lowest BCUT2D eigenvalue weighted by Crippen LogP contribution is -2.49. The predicted molar refractivity (Wildman–Crippen MR) is 133 cm³/mol. The largest absolute Gasteiger partial charge is 0.497 e. The van der Waals surface area contributed by atoms with Crippen molar-refractivity contribution in [1.82, 2.24) is 9.88 Å². The van der Waals surface area contributed by atoms with E-state index in [1.54, 1.807) is 70.0 Å². The number of ether oxygens (including phenoxy) is 3. The van der Waals surface area contributed by atoms with Crippen LogP contribution in [0.2, 0.25) is 0 Å². The molecule has 0 aliphatic carbocycles. The van der Waals surface area contributed by atoms with Gasteiger partial charge in [-0.2, -0.15) is 0 Å². The topological polar surface area (TPSA) is 93.2 Å². The number of pyridine rings is 1. The molecule has 1 aliphatic heterocycles. The van der Waals surface area contributed by atoms with Crippen LogP contribution in [0.15, 0.2) is 60.8 Å². The zero-order chi connectivity index (χ0) is 24.8. The molecule has 1 fully saturated rings. The molecule has 0 atom stereocenters. The van der Waals surface area contributed by atoms with Crippen molar-refractivity contribution in [1.29, 1.82) is 0 Å². The van der Waals surface area contributed by atoms with Gasteiger partial charge in [-0.3, -0.25) is 9.59 Å². The summed E-state index contributed by atoms with van der Waals surface area (Å²) in [5, 5.41) is 2.85. The number of carbonyl (C=O) groups excluding carboxylic acids is 2. The number of hydrogen-bond acceptors (Lipinski definition) is 7. The van der Waals surface area contributed by atoms with Crippen LogP contribution in [0.5, 0.6) is 17.2 Å². The van der Waals surface area contributed by atoms with E-state index in [-0.39, 0.29) is 11.8 Å². The van der Waals surface area contributed by atoms with Crippen LogP contribution in [-0.2, 0) is 0 Å². The summed E-state index contributed by atoms with van der Waals surface area (Å²) >= 11 is 0. The number of aromatic nitrogens is 1. The summed E-state index contributed by atoms with van der Waals surface area (Å²) in [5.41, 5.74) is 1.66. The molecule has 0 unspecified atom stereocenters. The summed E-state index contributed by atoms with van der Waals surface area (Å²) in [4.78, 5) is 33.9. The first-order valence-electron chi connectivity index (χ1n) is 11.2. The van der Waals surface area contributed by atoms with Crippen molar-refractivity contribution in [2.75, 3.05) is 57.7 Å². The fourth-order valence-electron chi connectivity index (χ4n) is 3.91. The molecule has 0 radical (unpaired) electrons. The second kappa shape index (κ2) is 10.8. The predicted octanol–water partition coefficient (Wildman–Crippen LogP) is 3.32. The zero-order valence-electron chi connectivity index (χ0n) is 20.0. The van der Waals surface area contributed by atoms with Gasteiger partial charge in [0.15, 0.2) is 11.5 Å². The number of carbonyl (C=O) groups is 2. The number of methoxy groups -OCH3 is 3. The number of rotatable bonds is 7. The zero-order valence-corrected chi connectivity index (χ0v) is 20.0. The maximum absolute atomic E-state index is 13.0. The lowest BCUT2D eigenvalue weighted by Gasteiger charge is -2.35. The van der Waals surface area contributed by atoms with Gasteiger partial charge in [0, 0.05) is 37.3 Å². The number of hydrogen-bond donors (Lipinski definition) is 1. The highest BCUT2D eigenvalue weighted by atomic mass is 16.5. The summed E-state index contributed by atoms with van der Waals surface area (Å²) in [6.07, 6.45) is 1.63. The molecule has 2 heterocycles. The molecule has 1 saturated heterocycles. The Morgan fingerprint density at radius 2 is 1.60 bits per heavy atom. The first-order chi connectivity index (χ1) is 17.0. The molecule has 1 N–H and O–H groups in total. The number of amides is 2. The van der Waals surface area contributed by atoms with Gasteiger partial charge in [0.05, 0.1) is 33.2 Å². The van der Waals surface area contributed by atoms with Gasteiger partial charge in [0.2, 0.25) is 0 Å². The second-order valence-electron chi connectivity index (χ2n) is 7.94. The Hall–Kier alpha value is -4.27. The normalized spacial score (nSPS) is 13.2. The summed E-state index contributed by atoms with van der Waals surface area (Å²) < 4.78 is 15.7. The fraction of sp³-hybridized carbons (Fsp3) is 0.269. The molecular formula is C26H28N4O5. The molecule has 182 valence electrons. The highest BCUT2D eigenvalue weighted by Crippen LogP contribution is 2.28. The molecule has 3 aromatic rings. The number of anilines is 2. The second-order valence-corrected chi connectivity index (χ2v) is 7.94. The van der Waals surface area contributed by atoms with E-state index in [0.717, 1.165) is 5.82 Å². The van der Waals surface area contributed by atoms with Crippen molar-refractivity contribution < 1.29 is 23.8 Å². The van der Waals surface area contributed by atoms with Crippen molar-refractivity contribution in [2.45, 2.75) is 0 Å². The fourth-order valence-corrected chi connectivity index (χ4v) is 3.91. The third-order valence-electron chi connectivity index (χ3n) is 5.86. The van der Waals surface area contributed by atoms with E-state index in [2.05, 4.69) is 15.2 Å². The Kier molecular flexibility index (Phi) is 7.35. The number of nitrogens with one attached hydrogen (secondary N) is 1. The van der Waals surface area contributed by atoms with Crippen LogP contribution in [0.1, 0.15) is 20.7 Å². The van der Waals surface area contributed by atoms with Crippen molar-refractivity contribution in [3.05, 3.63) is 71.9 Å².